The van der Waals surface area contributed by atoms with Crippen LogP contribution in [-0.2, 0) is 22.1 Å². The van der Waals surface area contributed by atoms with Crippen LogP contribution in [0.3, 0.4) is 0 Å². The molecular formula is C15H18F3NO2. The van der Waals surface area contributed by atoms with E-state index in [9.17, 15) is 18.0 Å². The van der Waals surface area contributed by atoms with E-state index in [-0.39, 0.29) is 11.8 Å². The summed E-state index contributed by atoms with van der Waals surface area (Å²) in [5.41, 5.74) is 0.118. The molecule has 0 bridgehead atoms. The summed E-state index contributed by atoms with van der Waals surface area (Å²) in [6, 6.07) is 5.03. The molecule has 2 rings (SSSR count). The maximum atomic E-state index is 12.4. The number of rotatable bonds is 4. The molecule has 0 unspecified atom stereocenters. The van der Waals surface area contributed by atoms with E-state index in [1.54, 1.807) is 0 Å². The SMILES string of the molecule is O=C(NCCc1ccc(C(F)(F)F)cc1)C1CCOCC1. The summed E-state index contributed by atoms with van der Waals surface area (Å²) in [6.07, 6.45) is -2.33. The fourth-order valence-corrected chi connectivity index (χ4v) is 2.29. The van der Waals surface area contributed by atoms with Crippen molar-refractivity contribution < 1.29 is 22.7 Å². The number of carbonyl (C=O) groups is 1. The molecule has 21 heavy (non-hydrogen) atoms. The van der Waals surface area contributed by atoms with Crippen LogP contribution in [-0.4, -0.2) is 25.7 Å². The highest BCUT2D eigenvalue weighted by atomic mass is 19.4. The lowest BCUT2D eigenvalue weighted by Crippen LogP contribution is -2.35. The lowest BCUT2D eigenvalue weighted by molar-refractivity contribution is -0.137. The van der Waals surface area contributed by atoms with Gasteiger partial charge in [0.2, 0.25) is 5.91 Å². The van der Waals surface area contributed by atoms with Gasteiger partial charge in [0.1, 0.15) is 0 Å². The van der Waals surface area contributed by atoms with Crippen molar-refractivity contribution in [2.45, 2.75) is 25.4 Å². The molecule has 0 saturated carbocycles. The van der Waals surface area contributed by atoms with Gasteiger partial charge in [0.15, 0.2) is 0 Å². The van der Waals surface area contributed by atoms with Crippen LogP contribution in [0.2, 0.25) is 0 Å². The molecule has 6 heteroatoms. The van der Waals surface area contributed by atoms with E-state index in [0.29, 0.717) is 26.2 Å². The summed E-state index contributed by atoms with van der Waals surface area (Å²) in [5, 5.41) is 2.83. The standard InChI is InChI=1S/C15H18F3NO2/c16-15(17,18)13-3-1-11(2-4-13)5-8-19-14(20)12-6-9-21-10-7-12/h1-4,12H,5-10H2,(H,19,20). The van der Waals surface area contributed by atoms with Crippen LogP contribution in [0.15, 0.2) is 24.3 Å². The molecule has 1 aromatic carbocycles. The van der Waals surface area contributed by atoms with E-state index < -0.39 is 11.7 Å². The lowest BCUT2D eigenvalue weighted by atomic mass is 9.99. The number of ether oxygens (including phenoxy) is 1. The fourth-order valence-electron chi connectivity index (χ4n) is 2.29. The predicted molar refractivity (Wildman–Crippen MR) is 71.7 cm³/mol. The highest BCUT2D eigenvalue weighted by molar-refractivity contribution is 5.78. The average molecular weight is 301 g/mol. The van der Waals surface area contributed by atoms with Crippen molar-refractivity contribution in [3.05, 3.63) is 35.4 Å². The van der Waals surface area contributed by atoms with E-state index in [1.165, 1.54) is 12.1 Å². The highest BCUT2D eigenvalue weighted by Crippen LogP contribution is 2.29. The molecule has 1 fully saturated rings. The van der Waals surface area contributed by atoms with Crippen LogP contribution >= 0.6 is 0 Å². The molecule has 116 valence electrons. The zero-order valence-corrected chi connectivity index (χ0v) is 11.6. The van der Waals surface area contributed by atoms with Gasteiger partial charge in [-0.1, -0.05) is 12.1 Å². The van der Waals surface area contributed by atoms with Crippen LogP contribution in [0.4, 0.5) is 13.2 Å². The summed E-state index contributed by atoms with van der Waals surface area (Å²) in [6.45, 7) is 1.65. The maximum absolute atomic E-state index is 12.4. The largest absolute Gasteiger partial charge is 0.416 e. The van der Waals surface area contributed by atoms with Crippen LogP contribution in [0.25, 0.3) is 0 Å². The van der Waals surface area contributed by atoms with Crippen molar-refractivity contribution in [2.75, 3.05) is 19.8 Å². The van der Waals surface area contributed by atoms with Crippen molar-refractivity contribution >= 4 is 5.91 Å². The van der Waals surface area contributed by atoms with Crippen LogP contribution in [0.1, 0.15) is 24.0 Å². The molecule has 0 atom stereocenters. The van der Waals surface area contributed by atoms with E-state index in [0.717, 1.165) is 30.5 Å². The zero-order chi connectivity index (χ0) is 15.3. The topological polar surface area (TPSA) is 38.3 Å². The molecule has 0 aromatic heterocycles. The van der Waals surface area contributed by atoms with Crippen LogP contribution in [0.5, 0.6) is 0 Å². The molecule has 1 heterocycles. The highest BCUT2D eigenvalue weighted by Gasteiger charge is 2.29. The molecule has 0 aliphatic carbocycles. The van der Waals surface area contributed by atoms with Gasteiger partial charge in [0.25, 0.3) is 0 Å². The Bertz CT molecular complexity index is 465. The summed E-state index contributed by atoms with van der Waals surface area (Å²) in [4.78, 5) is 11.9. The van der Waals surface area contributed by atoms with Crippen molar-refractivity contribution in [3.63, 3.8) is 0 Å². The van der Waals surface area contributed by atoms with Crippen molar-refractivity contribution in [1.29, 1.82) is 0 Å². The molecule has 1 amide bonds. The second-order valence-electron chi connectivity index (χ2n) is 5.12. The van der Waals surface area contributed by atoms with E-state index in [1.807, 2.05) is 0 Å². The number of halogens is 3. The Morgan fingerprint density at radius 1 is 1.19 bits per heavy atom. The van der Waals surface area contributed by atoms with E-state index >= 15 is 0 Å². The molecular weight excluding hydrogens is 283 g/mol. The first-order valence-electron chi connectivity index (χ1n) is 6.98. The number of nitrogens with one attached hydrogen (secondary N) is 1. The quantitative estimate of drug-likeness (QED) is 0.928. The van der Waals surface area contributed by atoms with Gasteiger partial charge in [-0.05, 0) is 37.0 Å². The minimum absolute atomic E-state index is 0.00483. The Kier molecular flexibility index (Phi) is 5.22. The number of alkyl halides is 3. The summed E-state index contributed by atoms with van der Waals surface area (Å²) in [5.74, 6) is -0.00318. The Morgan fingerprint density at radius 3 is 2.38 bits per heavy atom. The van der Waals surface area contributed by atoms with E-state index in [4.69, 9.17) is 4.74 Å². The van der Waals surface area contributed by atoms with Gasteiger partial charge in [-0.2, -0.15) is 13.2 Å². The first kappa shape index (κ1) is 15.8. The van der Waals surface area contributed by atoms with Gasteiger partial charge < -0.3 is 10.1 Å². The third-order valence-corrected chi connectivity index (χ3v) is 3.59. The third kappa shape index (κ3) is 4.74. The Balaban J connectivity index is 1.76. The molecule has 1 N–H and O–H groups in total. The molecule has 0 spiro atoms. The van der Waals surface area contributed by atoms with E-state index in [2.05, 4.69) is 5.32 Å². The smallest absolute Gasteiger partial charge is 0.381 e. The number of amides is 1. The molecule has 1 aromatic rings. The van der Waals surface area contributed by atoms with Crippen LogP contribution < -0.4 is 5.32 Å². The van der Waals surface area contributed by atoms with Gasteiger partial charge in [-0.3, -0.25) is 4.79 Å². The van der Waals surface area contributed by atoms with Gasteiger partial charge >= 0.3 is 6.18 Å². The number of carbonyl (C=O) groups excluding carboxylic acids is 1. The first-order chi connectivity index (χ1) is 9.97. The number of hydrogen-bond donors (Lipinski definition) is 1. The summed E-state index contributed by atoms with van der Waals surface area (Å²) in [7, 11) is 0. The van der Waals surface area contributed by atoms with Gasteiger partial charge in [-0.25, -0.2) is 0 Å². The second-order valence-corrected chi connectivity index (χ2v) is 5.12. The number of hydrogen-bond acceptors (Lipinski definition) is 2. The van der Waals surface area contributed by atoms with Crippen molar-refractivity contribution in [2.24, 2.45) is 5.92 Å². The minimum Gasteiger partial charge on any atom is -0.381 e. The lowest BCUT2D eigenvalue weighted by Gasteiger charge is -2.21. The summed E-state index contributed by atoms with van der Waals surface area (Å²) < 4.78 is 42.4. The Labute approximate surface area is 121 Å². The third-order valence-electron chi connectivity index (χ3n) is 3.59. The van der Waals surface area contributed by atoms with Gasteiger partial charge in [-0.15, -0.1) is 0 Å². The Morgan fingerprint density at radius 2 is 1.81 bits per heavy atom. The van der Waals surface area contributed by atoms with Crippen LogP contribution in [0, 0.1) is 5.92 Å². The zero-order valence-electron chi connectivity index (χ0n) is 11.6. The van der Waals surface area contributed by atoms with Crippen molar-refractivity contribution in [3.8, 4) is 0 Å². The Hall–Kier alpha value is -1.56. The molecule has 0 radical (unpaired) electrons. The van der Waals surface area contributed by atoms with Gasteiger partial charge in [0, 0.05) is 25.7 Å². The predicted octanol–water partition coefficient (Wildman–Crippen LogP) is 2.79. The van der Waals surface area contributed by atoms with Crippen molar-refractivity contribution in [1.82, 2.24) is 5.32 Å². The monoisotopic (exact) mass is 301 g/mol. The first-order valence-corrected chi connectivity index (χ1v) is 6.98. The number of benzene rings is 1. The average Bonchev–Trinajstić information content (AvgIpc) is 2.47. The van der Waals surface area contributed by atoms with Gasteiger partial charge in [0.05, 0.1) is 5.56 Å². The minimum atomic E-state index is -4.31. The summed E-state index contributed by atoms with van der Waals surface area (Å²) >= 11 is 0. The molecule has 1 aliphatic rings. The fraction of sp³-hybridized carbons (Fsp3) is 0.533. The maximum Gasteiger partial charge on any atom is 0.416 e. The molecule has 1 saturated heterocycles. The molecule has 1 aliphatic heterocycles. The second kappa shape index (κ2) is 6.93. The molecule has 3 nitrogen and oxygen atoms in total. The normalized spacial score (nSPS) is 16.7.